The molecule has 0 aliphatic carbocycles. The molecule has 0 aromatic heterocycles. The Morgan fingerprint density at radius 3 is 2.27 bits per heavy atom. The summed E-state index contributed by atoms with van der Waals surface area (Å²) in [6.45, 7) is 3.12. The number of nitrogens with zero attached hydrogens (tertiary/aromatic N) is 1. The zero-order valence-electron chi connectivity index (χ0n) is 16.9. The quantitative estimate of drug-likeness (QED) is 0.550. The van der Waals surface area contributed by atoms with Crippen molar-refractivity contribution >= 4 is 37.6 Å². The Kier molecular flexibility index (Phi) is 7.41. The number of sulfone groups is 1. The normalized spacial score (nSPS) is 11.9. The minimum Gasteiger partial charge on any atom is -0.465 e. The molecule has 0 unspecified atom stereocenters. The van der Waals surface area contributed by atoms with E-state index in [1.807, 2.05) is 0 Å². The SMILES string of the molecule is CN(C(=O)O)C(C)(C)CS(=O)(=O)CCc1ccc(C(=O)c2ccc(F)cc2)c(Br)c1. The van der Waals surface area contributed by atoms with Crippen LogP contribution in [0.2, 0.25) is 0 Å². The Morgan fingerprint density at radius 1 is 1.13 bits per heavy atom. The summed E-state index contributed by atoms with van der Waals surface area (Å²) in [5.74, 6) is -1.16. The molecule has 30 heavy (non-hydrogen) atoms. The Hall–Kier alpha value is -2.26. The van der Waals surface area contributed by atoms with E-state index in [4.69, 9.17) is 5.11 Å². The molecule has 162 valence electrons. The van der Waals surface area contributed by atoms with Crippen LogP contribution in [0.5, 0.6) is 0 Å². The van der Waals surface area contributed by atoms with E-state index in [9.17, 15) is 22.4 Å². The van der Waals surface area contributed by atoms with Gasteiger partial charge in [-0.25, -0.2) is 17.6 Å². The topological polar surface area (TPSA) is 91.8 Å². The molecule has 0 heterocycles. The number of hydrogen-bond donors (Lipinski definition) is 1. The average Bonchev–Trinajstić information content (AvgIpc) is 2.65. The van der Waals surface area contributed by atoms with Crippen LogP contribution in [0.3, 0.4) is 0 Å². The average molecular weight is 500 g/mol. The van der Waals surface area contributed by atoms with Crippen LogP contribution in [0.1, 0.15) is 35.3 Å². The van der Waals surface area contributed by atoms with Crippen LogP contribution < -0.4 is 0 Å². The maximum Gasteiger partial charge on any atom is 0.407 e. The maximum atomic E-state index is 13.1. The summed E-state index contributed by atoms with van der Waals surface area (Å²) < 4.78 is 38.6. The molecule has 0 radical (unpaired) electrons. The Bertz CT molecular complexity index is 1050. The van der Waals surface area contributed by atoms with E-state index in [1.54, 1.807) is 32.0 Å². The Labute approximate surface area is 183 Å². The van der Waals surface area contributed by atoms with Gasteiger partial charge in [0.1, 0.15) is 5.82 Å². The van der Waals surface area contributed by atoms with Gasteiger partial charge in [0, 0.05) is 22.6 Å². The predicted molar refractivity (Wildman–Crippen MR) is 116 cm³/mol. The van der Waals surface area contributed by atoms with Crippen LogP contribution in [0.4, 0.5) is 9.18 Å². The van der Waals surface area contributed by atoms with Gasteiger partial charge in [0.05, 0.1) is 17.0 Å². The molecule has 2 aromatic rings. The van der Waals surface area contributed by atoms with Crippen molar-refractivity contribution in [2.45, 2.75) is 25.8 Å². The van der Waals surface area contributed by atoms with E-state index >= 15 is 0 Å². The molecule has 1 amide bonds. The molecule has 0 spiro atoms. The van der Waals surface area contributed by atoms with Crippen molar-refractivity contribution in [1.29, 1.82) is 0 Å². The summed E-state index contributed by atoms with van der Waals surface area (Å²) in [7, 11) is -2.19. The van der Waals surface area contributed by atoms with Crippen LogP contribution in [0.25, 0.3) is 0 Å². The second-order valence-corrected chi connectivity index (χ2v) is 10.7. The van der Waals surface area contributed by atoms with Gasteiger partial charge < -0.3 is 10.0 Å². The van der Waals surface area contributed by atoms with Gasteiger partial charge in [-0.3, -0.25) is 4.79 Å². The molecule has 1 N–H and O–H groups in total. The monoisotopic (exact) mass is 499 g/mol. The molecule has 0 saturated heterocycles. The number of benzene rings is 2. The minimum absolute atomic E-state index is 0.151. The fourth-order valence-electron chi connectivity index (χ4n) is 2.89. The fraction of sp³-hybridized carbons (Fsp3) is 0.333. The van der Waals surface area contributed by atoms with Gasteiger partial charge in [-0.2, -0.15) is 0 Å². The second-order valence-electron chi connectivity index (χ2n) is 7.65. The van der Waals surface area contributed by atoms with Gasteiger partial charge in [-0.05, 0) is 62.2 Å². The van der Waals surface area contributed by atoms with E-state index in [1.165, 1.54) is 31.3 Å². The largest absolute Gasteiger partial charge is 0.465 e. The highest BCUT2D eigenvalue weighted by Crippen LogP contribution is 2.23. The van der Waals surface area contributed by atoms with Gasteiger partial charge in [-0.15, -0.1) is 0 Å². The highest BCUT2D eigenvalue weighted by Gasteiger charge is 2.32. The minimum atomic E-state index is -3.53. The zero-order valence-corrected chi connectivity index (χ0v) is 19.3. The Morgan fingerprint density at radius 2 is 1.73 bits per heavy atom. The molecule has 0 bridgehead atoms. The number of halogens is 2. The summed E-state index contributed by atoms with van der Waals surface area (Å²) in [4.78, 5) is 24.7. The Balaban J connectivity index is 2.09. The van der Waals surface area contributed by atoms with Gasteiger partial charge in [0.15, 0.2) is 15.6 Å². The van der Waals surface area contributed by atoms with Crippen LogP contribution >= 0.6 is 15.9 Å². The molecule has 0 atom stereocenters. The molecule has 6 nitrogen and oxygen atoms in total. The van der Waals surface area contributed by atoms with Gasteiger partial charge in [0.2, 0.25) is 0 Å². The van der Waals surface area contributed by atoms with E-state index in [-0.39, 0.29) is 23.7 Å². The lowest BCUT2D eigenvalue weighted by Gasteiger charge is -2.33. The van der Waals surface area contributed by atoms with Crippen molar-refractivity contribution < 1.29 is 27.5 Å². The second kappa shape index (κ2) is 9.26. The number of amides is 1. The first-order chi connectivity index (χ1) is 13.8. The predicted octanol–water partition coefficient (Wildman–Crippen LogP) is 4.16. The number of hydrogen-bond acceptors (Lipinski definition) is 4. The molecule has 0 aliphatic rings. The third-order valence-corrected chi connectivity index (χ3v) is 7.48. The van der Waals surface area contributed by atoms with Gasteiger partial charge in [-0.1, -0.05) is 22.0 Å². The molecule has 0 aliphatic heterocycles. The van der Waals surface area contributed by atoms with Crippen molar-refractivity contribution in [2.24, 2.45) is 0 Å². The standard InChI is InChI=1S/C21H23BrFNO5S/c1-21(2,24(3)20(26)27)13-30(28,29)11-10-14-4-9-17(18(22)12-14)19(25)15-5-7-16(23)8-6-15/h4-9,12H,10-11,13H2,1-3H3,(H,26,27). The first-order valence-corrected chi connectivity index (χ1v) is 11.7. The van der Waals surface area contributed by atoms with Gasteiger partial charge >= 0.3 is 6.09 Å². The smallest absolute Gasteiger partial charge is 0.407 e. The number of rotatable bonds is 8. The highest BCUT2D eigenvalue weighted by atomic mass is 79.9. The van der Waals surface area contributed by atoms with E-state index in [0.717, 1.165) is 4.90 Å². The molecule has 0 fully saturated rings. The summed E-state index contributed by atoms with van der Waals surface area (Å²) in [6, 6.07) is 10.2. The first kappa shape index (κ1) is 24.0. The summed E-state index contributed by atoms with van der Waals surface area (Å²) in [5, 5.41) is 9.10. The van der Waals surface area contributed by atoms with Crippen molar-refractivity contribution in [2.75, 3.05) is 18.6 Å². The first-order valence-electron chi connectivity index (χ1n) is 9.08. The molecule has 2 aromatic carbocycles. The van der Waals surface area contributed by atoms with E-state index < -0.39 is 27.3 Å². The van der Waals surface area contributed by atoms with Crippen molar-refractivity contribution in [3.63, 3.8) is 0 Å². The van der Waals surface area contributed by atoms with Crippen LogP contribution in [-0.2, 0) is 16.3 Å². The number of aryl methyl sites for hydroxylation is 1. The summed E-state index contributed by atoms with van der Waals surface area (Å²) >= 11 is 3.35. The lowest BCUT2D eigenvalue weighted by molar-refractivity contribution is 0.103. The maximum absolute atomic E-state index is 13.1. The molecule has 0 saturated carbocycles. The number of carbonyl (C=O) groups is 2. The fourth-order valence-corrected chi connectivity index (χ4v) is 5.46. The molecule has 2 rings (SSSR count). The van der Waals surface area contributed by atoms with E-state index in [0.29, 0.717) is 21.2 Å². The van der Waals surface area contributed by atoms with Crippen LogP contribution in [0, 0.1) is 5.82 Å². The van der Waals surface area contributed by atoms with Crippen molar-refractivity contribution in [3.8, 4) is 0 Å². The zero-order chi connectivity index (χ0) is 22.7. The number of carbonyl (C=O) groups excluding carboxylic acids is 1. The summed E-state index contributed by atoms with van der Waals surface area (Å²) in [5.41, 5.74) is 0.386. The van der Waals surface area contributed by atoms with Gasteiger partial charge in [0.25, 0.3) is 0 Å². The highest BCUT2D eigenvalue weighted by molar-refractivity contribution is 9.10. The lowest BCUT2D eigenvalue weighted by atomic mass is 10.0. The van der Waals surface area contributed by atoms with E-state index in [2.05, 4.69) is 15.9 Å². The number of ketones is 1. The molecular formula is C21H23BrFNO5S. The van der Waals surface area contributed by atoms with Crippen LogP contribution in [-0.4, -0.2) is 54.4 Å². The summed E-state index contributed by atoms with van der Waals surface area (Å²) in [6.07, 6.45) is -0.973. The molecular weight excluding hydrogens is 477 g/mol. The van der Waals surface area contributed by atoms with Crippen molar-refractivity contribution in [1.82, 2.24) is 4.90 Å². The number of carboxylic acid groups (broad SMARTS) is 1. The third-order valence-electron chi connectivity index (χ3n) is 4.85. The van der Waals surface area contributed by atoms with Crippen LogP contribution in [0.15, 0.2) is 46.9 Å². The lowest BCUT2D eigenvalue weighted by Crippen LogP contribution is -2.49. The van der Waals surface area contributed by atoms with Crippen molar-refractivity contribution in [3.05, 3.63) is 69.4 Å². The third kappa shape index (κ3) is 6.12. The molecule has 9 heteroatoms.